The van der Waals surface area contributed by atoms with Crippen LogP contribution in [0.25, 0.3) is 21.9 Å². The van der Waals surface area contributed by atoms with E-state index in [4.69, 9.17) is 0 Å². The first-order valence-corrected chi connectivity index (χ1v) is 6.52. The quantitative estimate of drug-likeness (QED) is 0.672. The second-order valence-corrected chi connectivity index (χ2v) is 5.02. The van der Waals surface area contributed by atoms with E-state index < -0.39 is 0 Å². The van der Waals surface area contributed by atoms with Crippen molar-refractivity contribution in [2.24, 2.45) is 0 Å². The van der Waals surface area contributed by atoms with Gasteiger partial charge in [-0.15, -0.1) is 0 Å². The maximum absolute atomic E-state index is 10.3. The molecule has 0 fully saturated rings. The standard InChI is InChI=1S/C16H11BrO/c17-14-10-9-12-7-4-8-13(15(12)16(14)18)11-5-2-1-3-6-11/h1-10,18H. The van der Waals surface area contributed by atoms with E-state index in [-0.39, 0.29) is 0 Å². The van der Waals surface area contributed by atoms with E-state index in [1.807, 2.05) is 48.5 Å². The Kier molecular flexibility index (Phi) is 2.80. The van der Waals surface area contributed by atoms with Crippen molar-refractivity contribution in [2.75, 3.05) is 0 Å². The summed E-state index contributed by atoms with van der Waals surface area (Å²) in [6.45, 7) is 0. The highest BCUT2D eigenvalue weighted by molar-refractivity contribution is 9.10. The third-order valence-corrected chi connectivity index (χ3v) is 3.69. The topological polar surface area (TPSA) is 20.2 Å². The highest BCUT2D eigenvalue weighted by Crippen LogP contribution is 2.38. The van der Waals surface area contributed by atoms with Gasteiger partial charge in [-0.3, -0.25) is 0 Å². The van der Waals surface area contributed by atoms with Crippen molar-refractivity contribution in [1.29, 1.82) is 0 Å². The van der Waals surface area contributed by atoms with Crippen LogP contribution in [-0.2, 0) is 0 Å². The molecule has 1 N–H and O–H groups in total. The van der Waals surface area contributed by atoms with Crippen LogP contribution in [0.2, 0.25) is 0 Å². The van der Waals surface area contributed by atoms with Crippen molar-refractivity contribution in [1.82, 2.24) is 0 Å². The molecule has 3 aromatic rings. The lowest BCUT2D eigenvalue weighted by Gasteiger charge is -2.09. The average Bonchev–Trinajstić information content (AvgIpc) is 2.43. The molecule has 88 valence electrons. The van der Waals surface area contributed by atoms with Crippen LogP contribution in [0.3, 0.4) is 0 Å². The van der Waals surface area contributed by atoms with E-state index in [1.54, 1.807) is 0 Å². The van der Waals surface area contributed by atoms with Gasteiger partial charge in [-0.1, -0.05) is 54.6 Å². The van der Waals surface area contributed by atoms with Crippen LogP contribution in [0.15, 0.2) is 65.1 Å². The predicted molar refractivity (Wildman–Crippen MR) is 78.7 cm³/mol. The molecule has 0 amide bonds. The molecule has 0 unspecified atom stereocenters. The number of benzene rings is 3. The number of halogens is 1. The number of phenolic OH excluding ortho intramolecular Hbond substituents is 1. The molecule has 0 aromatic heterocycles. The Balaban J connectivity index is 2.40. The van der Waals surface area contributed by atoms with Crippen molar-refractivity contribution in [3.05, 3.63) is 65.1 Å². The normalized spacial score (nSPS) is 10.7. The van der Waals surface area contributed by atoms with Gasteiger partial charge in [0.2, 0.25) is 0 Å². The van der Waals surface area contributed by atoms with Crippen LogP contribution in [0.1, 0.15) is 0 Å². The van der Waals surface area contributed by atoms with E-state index in [1.165, 1.54) is 0 Å². The first kappa shape index (κ1) is 11.3. The van der Waals surface area contributed by atoms with Crippen molar-refractivity contribution >= 4 is 26.7 Å². The Morgan fingerprint density at radius 2 is 1.56 bits per heavy atom. The molecule has 0 saturated heterocycles. The minimum atomic E-state index is 0.298. The third kappa shape index (κ3) is 1.79. The number of aromatic hydroxyl groups is 1. The fourth-order valence-corrected chi connectivity index (χ4v) is 2.52. The van der Waals surface area contributed by atoms with Gasteiger partial charge in [0, 0.05) is 5.39 Å². The number of hydrogen-bond acceptors (Lipinski definition) is 1. The lowest BCUT2D eigenvalue weighted by molar-refractivity contribution is 0.478. The van der Waals surface area contributed by atoms with Crippen LogP contribution in [-0.4, -0.2) is 5.11 Å². The fraction of sp³-hybridized carbons (Fsp3) is 0. The highest BCUT2D eigenvalue weighted by Gasteiger charge is 2.09. The summed E-state index contributed by atoms with van der Waals surface area (Å²) in [5.74, 6) is 0.298. The van der Waals surface area contributed by atoms with E-state index >= 15 is 0 Å². The lowest BCUT2D eigenvalue weighted by Crippen LogP contribution is -1.82. The molecular weight excluding hydrogens is 288 g/mol. The van der Waals surface area contributed by atoms with Crippen molar-refractivity contribution < 1.29 is 5.11 Å². The summed E-state index contributed by atoms with van der Waals surface area (Å²) in [5.41, 5.74) is 2.16. The van der Waals surface area contributed by atoms with Gasteiger partial charge in [0.05, 0.1) is 4.47 Å². The first-order valence-electron chi connectivity index (χ1n) is 5.73. The fourth-order valence-electron chi connectivity index (χ4n) is 2.19. The van der Waals surface area contributed by atoms with Gasteiger partial charge in [0.15, 0.2) is 0 Å². The summed E-state index contributed by atoms with van der Waals surface area (Å²) in [6.07, 6.45) is 0. The third-order valence-electron chi connectivity index (χ3n) is 3.05. The molecule has 0 bridgehead atoms. The second kappa shape index (κ2) is 4.46. The number of phenols is 1. The summed E-state index contributed by atoms with van der Waals surface area (Å²) in [7, 11) is 0. The predicted octanol–water partition coefficient (Wildman–Crippen LogP) is 4.97. The molecule has 3 aromatic carbocycles. The monoisotopic (exact) mass is 298 g/mol. The van der Waals surface area contributed by atoms with Crippen LogP contribution >= 0.6 is 15.9 Å². The van der Waals surface area contributed by atoms with Crippen molar-refractivity contribution in [3.8, 4) is 16.9 Å². The van der Waals surface area contributed by atoms with E-state index in [0.29, 0.717) is 5.75 Å². The lowest BCUT2D eigenvalue weighted by atomic mass is 9.98. The Hall–Kier alpha value is -1.80. The van der Waals surface area contributed by atoms with E-state index in [9.17, 15) is 5.11 Å². The van der Waals surface area contributed by atoms with Gasteiger partial charge in [-0.25, -0.2) is 0 Å². The number of fused-ring (bicyclic) bond motifs is 1. The number of hydrogen-bond donors (Lipinski definition) is 1. The number of rotatable bonds is 1. The van der Waals surface area contributed by atoms with Gasteiger partial charge in [-0.2, -0.15) is 0 Å². The molecule has 2 heteroatoms. The molecule has 0 saturated carbocycles. The molecular formula is C16H11BrO. The highest BCUT2D eigenvalue weighted by atomic mass is 79.9. The zero-order valence-corrected chi connectivity index (χ0v) is 11.2. The van der Waals surface area contributed by atoms with Gasteiger partial charge in [0.25, 0.3) is 0 Å². The largest absolute Gasteiger partial charge is 0.506 e. The molecule has 0 aliphatic heterocycles. The maximum Gasteiger partial charge on any atom is 0.138 e. The summed E-state index contributed by atoms with van der Waals surface area (Å²) in [6, 6.07) is 20.0. The Morgan fingerprint density at radius 1 is 0.778 bits per heavy atom. The minimum absolute atomic E-state index is 0.298. The molecule has 0 heterocycles. The van der Waals surface area contributed by atoms with Crippen LogP contribution in [0, 0.1) is 0 Å². The van der Waals surface area contributed by atoms with Gasteiger partial charge in [-0.05, 0) is 38.5 Å². The molecule has 18 heavy (non-hydrogen) atoms. The summed E-state index contributed by atoms with van der Waals surface area (Å²) in [5, 5.41) is 12.2. The Labute approximate surface area is 114 Å². The molecule has 0 aliphatic rings. The smallest absolute Gasteiger partial charge is 0.138 e. The van der Waals surface area contributed by atoms with Crippen LogP contribution in [0.4, 0.5) is 0 Å². The van der Waals surface area contributed by atoms with E-state index in [0.717, 1.165) is 26.4 Å². The van der Waals surface area contributed by atoms with Gasteiger partial charge >= 0.3 is 0 Å². The SMILES string of the molecule is Oc1c(Br)ccc2cccc(-c3ccccc3)c12. The molecule has 1 nitrogen and oxygen atoms in total. The summed E-state index contributed by atoms with van der Waals surface area (Å²) < 4.78 is 0.721. The van der Waals surface area contributed by atoms with Crippen molar-refractivity contribution in [2.45, 2.75) is 0 Å². The Bertz CT molecular complexity index is 705. The zero-order chi connectivity index (χ0) is 12.5. The summed E-state index contributed by atoms with van der Waals surface area (Å²) in [4.78, 5) is 0. The van der Waals surface area contributed by atoms with Crippen LogP contribution < -0.4 is 0 Å². The van der Waals surface area contributed by atoms with Crippen molar-refractivity contribution in [3.63, 3.8) is 0 Å². The first-order chi connectivity index (χ1) is 8.77. The second-order valence-electron chi connectivity index (χ2n) is 4.17. The van der Waals surface area contributed by atoms with Gasteiger partial charge < -0.3 is 5.11 Å². The molecule has 0 atom stereocenters. The maximum atomic E-state index is 10.3. The molecule has 0 spiro atoms. The molecule has 0 radical (unpaired) electrons. The average molecular weight is 299 g/mol. The zero-order valence-electron chi connectivity index (χ0n) is 9.60. The van der Waals surface area contributed by atoms with Crippen LogP contribution in [0.5, 0.6) is 5.75 Å². The van der Waals surface area contributed by atoms with E-state index in [2.05, 4.69) is 28.1 Å². The Morgan fingerprint density at radius 3 is 2.33 bits per heavy atom. The van der Waals surface area contributed by atoms with Gasteiger partial charge in [0.1, 0.15) is 5.75 Å². The minimum Gasteiger partial charge on any atom is -0.506 e. The molecule has 3 rings (SSSR count). The summed E-state index contributed by atoms with van der Waals surface area (Å²) >= 11 is 3.37. The molecule has 0 aliphatic carbocycles.